The van der Waals surface area contributed by atoms with Crippen LogP contribution in [0, 0.1) is 5.92 Å². The third-order valence-corrected chi connectivity index (χ3v) is 4.32. The Balaban J connectivity index is 1.86. The summed E-state index contributed by atoms with van der Waals surface area (Å²) in [6, 6.07) is 8.86. The van der Waals surface area contributed by atoms with Crippen molar-refractivity contribution in [3.8, 4) is 0 Å². The molecule has 21 heavy (non-hydrogen) atoms. The second kappa shape index (κ2) is 5.31. The summed E-state index contributed by atoms with van der Waals surface area (Å²) in [6.45, 7) is 2.31. The van der Waals surface area contributed by atoms with Gasteiger partial charge in [-0.3, -0.25) is 19.3 Å². The first kappa shape index (κ1) is 13.8. The van der Waals surface area contributed by atoms with Gasteiger partial charge in [-0.1, -0.05) is 30.3 Å². The zero-order valence-corrected chi connectivity index (χ0v) is 12.0. The van der Waals surface area contributed by atoms with E-state index in [0.29, 0.717) is 13.0 Å². The Morgan fingerprint density at radius 1 is 1.19 bits per heavy atom. The molecule has 0 bridgehead atoms. The number of amides is 3. The topological polar surface area (TPSA) is 57.7 Å². The van der Waals surface area contributed by atoms with Gasteiger partial charge >= 0.3 is 0 Å². The van der Waals surface area contributed by atoms with Gasteiger partial charge in [0.2, 0.25) is 11.8 Å². The molecule has 3 amide bonds. The normalized spacial score (nSPS) is 25.2. The maximum absolute atomic E-state index is 12.6. The highest BCUT2D eigenvalue weighted by Gasteiger charge is 2.52. The van der Waals surface area contributed by atoms with Crippen LogP contribution in [0.1, 0.15) is 25.3 Å². The van der Waals surface area contributed by atoms with E-state index in [1.807, 2.05) is 30.3 Å². The van der Waals surface area contributed by atoms with Crippen LogP contribution in [0.2, 0.25) is 0 Å². The molecule has 110 valence electrons. The third kappa shape index (κ3) is 2.33. The molecule has 0 aliphatic carbocycles. The largest absolute Gasteiger partial charge is 0.330 e. The van der Waals surface area contributed by atoms with Crippen LogP contribution in [0.4, 0.5) is 0 Å². The molecule has 2 saturated heterocycles. The highest BCUT2D eigenvalue weighted by atomic mass is 16.2. The zero-order chi connectivity index (χ0) is 15.0. The molecule has 0 N–H and O–H groups in total. The summed E-state index contributed by atoms with van der Waals surface area (Å²) < 4.78 is 0. The standard InChI is InChI=1S/C16H18N2O3/c1-11(19)17-9-5-8-13-14(17)16(21)18(15(13)20)10-12-6-3-2-4-7-12/h2-4,6-7,13-14H,5,8-10H2,1H3/t13-,14+/m1/s1. The highest BCUT2D eigenvalue weighted by Crippen LogP contribution is 2.33. The van der Waals surface area contributed by atoms with Crippen molar-refractivity contribution in [2.75, 3.05) is 6.54 Å². The minimum atomic E-state index is -0.590. The second-order valence-electron chi connectivity index (χ2n) is 5.65. The highest BCUT2D eigenvalue weighted by molar-refractivity contribution is 6.08. The molecule has 2 aliphatic rings. The maximum Gasteiger partial charge on any atom is 0.253 e. The van der Waals surface area contributed by atoms with Gasteiger partial charge in [-0.25, -0.2) is 0 Å². The zero-order valence-electron chi connectivity index (χ0n) is 12.0. The second-order valence-corrected chi connectivity index (χ2v) is 5.65. The average molecular weight is 286 g/mol. The predicted molar refractivity (Wildman–Crippen MR) is 75.9 cm³/mol. The number of imide groups is 1. The molecule has 0 spiro atoms. The molecule has 0 saturated carbocycles. The molecule has 3 rings (SSSR count). The lowest BCUT2D eigenvalue weighted by atomic mass is 9.91. The Hall–Kier alpha value is -2.17. The summed E-state index contributed by atoms with van der Waals surface area (Å²) in [5, 5.41) is 0. The van der Waals surface area contributed by atoms with Crippen LogP contribution in [-0.4, -0.2) is 40.1 Å². The van der Waals surface area contributed by atoms with Crippen LogP contribution in [0.5, 0.6) is 0 Å². The number of fused-ring (bicyclic) bond motifs is 1. The van der Waals surface area contributed by atoms with Crippen molar-refractivity contribution >= 4 is 17.7 Å². The molecule has 0 unspecified atom stereocenters. The van der Waals surface area contributed by atoms with Crippen molar-refractivity contribution in [2.45, 2.75) is 32.4 Å². The van der Waals surface area contributed by atoms with E-state index in [4.69, 9.17) is 0 Å². The van der Waals surface area contributed by atoms with Gasteiger partial charge in [0, 0.05) is 13.5 Å². The fourth-order valence-corrected chi connectivity index (χ4v) is 3.30. The number of nitrogens with zero attached hydrogens (tertiary/aromatic N) is 2. The van der Waals surface area contributed by atoms with E-state index in [2.05, 4.69) is 0 Å². The van der Waals surface area contributed by atoms with E-state index in [1.165, 1.54) is 11.8 Å². The van der Waals surface area contributed by atoms with Crippen molar-refractivity contribution in [3.63, 3.8) is 0 Å². The Morgan fingerprint density at radius 3 is 2.57 bits per heavy atom. The lowest BCUT2D eigenvalue weighted by Gasteiger charge is -2.33. The molecule has 0 aromatic heterocycles. The molecular weight excluding hydrogens is 268 g/mol. The number of piperidine rings is 1. The molecule has 2 aliphatic heterocycles. The lowest BCUT2D eigenvalue weighted by Crippen LogP contribution is -2.50. The molecule has 1 aromatic carbocycles. The molecule has 0 radical (unpaired) electrons. The first-order chi connectivity index (χ1) is 10.1. The fourth-order valence-electron chi connectivity index (χ4n) is 3.30. The maximum atomic E-state index is 12.6. The molecule has 5 heteroatoms. The summed E-state index contributed by atoms with van der Waals surface area (Å²) in [5.74, 6) is -0.866. The predicted octanol–water partition coefficient (Wildman–Crippen LogP) is 1.18. The number of carbonyl (C=O) groups excluding carboxylic acids is 3. The van der Waals surface area contributed by atoms with E-state index in [-0.39, 0.29) is 30.2 Å². The first-order valence-corrected chi connectivity index (χ1v) is 7.26. The number of hydrogen-bond donors (Lipinski definition) is 0. The summed E-state index contributed by atoms with van der Waals surface area (Å²) >= 11 is 0. The van der Waals surface area contributed by atoms with Gasteiger partial charge in [-0.2, -0.15) is 0 Å². The Morgan fingerprint density at radius 2 is 1.90 bits per heavy atom. The average Bonchev–Trinajstić information content (AvgIpc) is 2.73. The molecule has 2 heterocycles. The number of hydrogen-bond acceptors (Lipinski definition) is 3. The number of benzene rings is 1. The van der Waals surface area contributed by atoms with Gasteiger partial charge in [-0.05, 0) is 18.4 Å². The fraction of sp³-hybridized carbons (Fsp3) is 0.438. The van der Waals surface area contributed by atoms with Crippen molar-refractivity contribution in [3.05, 3.63) is 35.9 Å². The monoisotopic (exact) mass is 286 g/mol. The van der Waals surface area contributed by atoms with Crippen molar-refractivity contribution in [1.82, 2.24) is 9.80 Å². The van der Waals surface area contributed by atoms with Crippen LogP contribution < -0.4 is 0 Å². The Bertz CT molecular complexity index is 584. The van der Waals surface area contributed by atoms with Crippen LogP contribution in [0.3, 0.4) is 0 Å². The first-order valence-electron chi connectivity index (χ1n) is 7.26. The van der Waals surface area contributed by atoms with Gasteiger partial charge < -0.3 is 4.90 Å². The van der Waals surface area contributed by atoms with Crippen molar-refractivity contribution in [1.29, 1.82) is 0 Å². The number of likely N-dealkylation sites (tertiary alicyclic amines) is 2. The molecular formula is C16H18N2O3. The number of rotatable bonds is 2. The van der Waals surface area contributed by atoms with Crippen LogP contribution in [0.25, 0.3) is 0 Å². The molecule has 2 fully saturated rings. The SMILES string of the molecule is CC(=O)N1CCC[C@H]2C(=O)N(Cc3ccccc3)C(=O)[C@H]21. The van der Waals surface area contributed by atoms with E-state index in [1.54, 1.807) is 4.90 Å². The summed E-state index contributed by atoms with van der Waals surface area (Å²) in [7, 11) is 0. The Labute approximate surface area is 123 Å². The minimum absolute atomic E-state index is 0.132. The molecule has 2 atom stereocenters. The van der Waals surface area contributed by atoms with Crippen LogP contribution in [-0.2, 0) is 20.9 Å². The van der Waals surface area contributed by atoms with Gasteiger partial charge in [0.25, 0.3) is 5.91 Å². The Kier molecular flexibility index (Phi) is 3.49. The van der Waals surface area contributed by atoms with Crippen LogP contribution in [0.15, 0.2) is 30.3 Å². The van der Waals surface area contributed by atoms with Gasteiger partial charge in [-0.15, -0.1) is 0 Å². The lowest BCUT2D eigenvalue weighted by molar-refractivity contribution is -0.144. The van der Waals surface area contributed by atoms with E-state index < -0.39 is 6.04 Å². The van der Waals surface area contributed by atoms with Crippen molar-refractivity contribution in [2.24, 2.45) is 5.92 Å². The van der Waals surface area contributed by atoms with Gasteiger partial charge in [0.15, 0.2) is 0 Å². The number of carbonyl (C=O) groups is 3. The smallest absolute Gasteiger partial charge is 0.253 e. The van der Waals surface area contributed by atoms with E-state index >= 15 is 0 Å². The van der Waals surface area contributed by atoms with Gasteiger partial charge in [0.05, 0.1) is 12.5 Å². The van der Waals surface area contributed by atoms with E-state index in [0.717, 1.165) is 12.0 Å². The summed E-state index contributed by atoms with van der Waals surface area (Å²) in [4.78, 5) is 39.6. The summed E-state index contributed by atoms with van der Waals surface area (Å²) in [5.41, 5.74) is 0.923. The van der Waals surface area contributed by atoms with Crippen molar-refractivity contribution < 1.29 is 14.4 Å². The molecule has 1 aromatic rings. The third-order valence-electron chi connectivity index (χ3n) is 4.32. The van der Waals surface area contributed by atoms with Crippen LogP contribution >= 0.6 is 0 Å². The molecule has 5 nitrogen and oxygen atoms in total. The quantitative estimate of drug-likeness (QED) is 0.767. The van der Waals surface area contributed by atoms with E-state index in [9.17, 15) is 14.4 Å². The minimum Gasteiger partial charge on any atom is -0.330 e. The van der Waals surface area contributed by atoms with Gasteiger partial charge in [0.1, 0.15) is 6.04 Å². The summed E-state index contributed by atoms with van der Waals surface area (Å²) in [6.07, 6.45) is 1.46.